The monoisotopic (exact) mass is 318 g/mol. The molecule has 0 radical (unpaired) electrons. The lowest BCUT2D eigenvalue weighted by Crippen LogP contribution is -1.99. The van der Waals surface area contributed by atoms with Crippen molar-refractivity contribution < 1.29 is 0 Å². The molecule has 0 nitrogen and oxygen atoms in total. The largest absolute Gasteiger partial charge is 0.139 e. The van der Waals surface area contributed by atoms with Crippen molar-refractivity contribution in [2.24, 2.45) is 0 Å². The SMILES string of the molecule is Bc1ccc(-c2cc(-c3ccccc3)cc(-c3ccccc3)c2)cc1. The minimum absolute atomic E-state index is 1.24. The van der Waals surface area contributed by atoms with Crippen LogP contribution in [-0.4, -0.2) is 7.85 Å². The van der Waals surface area contributed by atoms with Crippen LogP contribution in [0.4, 0.5) is 0 Å². The highest BCUT2D eigenvalue weighted by molar-refractivity contribution is 6.32. The lowest BCUT2D eigenvalue weighted by Gasteiger charge is -2.11. The van der Waals surface area contributed by atoms with Gasteiger partial charge in [0.05, 0.1) is 0 Å². The first-order valence-electron chi connectivity index (χ1n) is 8.62. The molecule has 0 fully saturated rings. The maximum Gasteiger partial charge on any atom is 0.139 e. The molecule has 0 aromatic heterocycles. The van der Waals surface area contributed by atoms with Crippen molar-refractivity contribution in [3.8, 4) is 33.4 Å². The van der Waals surface area contributed by atoms with E-state index in [1.54, 1.807) is 0 Å². The van der Waals surface area contributed by atoms with Gasteiger partial charge in [0.25, 0.3) is 0 Å². The highest BCUT2D eigenvalue weighted by Gasteiger charge is 2.07. The van der Waals surface area contributed by atoms with Crippen molar-refractivity contribution in [2.45, 2.75) is 0 Å². The van der Waals surface area contributed by atoms with Crippen LogP contribution in [0.5, 0.6) is 0 Å². The Morgan fingerprint density at radius 3 is 1.12 bits per heavy atom. The van der Waals surface area contributed by atoms with Crippen LogP contribution in [0.1, 0.15) is 0 Å². The zero-order valence-electron chi connectivity index (χ0n) is 14.3. The summed E-state index contributed by atoms with van der Waals surface area (Å²) in [6.07, 6.45) is 0. The molecule has 0 amide bonds. The topological polar surface area (TPSA) is 0 Å². The molecule has 0 unspecified atom stereocenters. The first kappa shape index (κ1) is 15.5. The zero-order valence-corrected chi connectivity index (χ0v) is 14.3. The van der Waals surface area contributed by atoms with E-state index in [1.807, 2.05) is 0 Å². The van der Waals surface area contributed by atoms with E-state index in [0.29, 0.717) is 0 Å². The smallest absolute Gasteiger partial charge is 0.0889 e. The number of hydrogen-bond donors (Lipinski definition) is 0. The molecule has 0 atom stereocenters. The van der Waals surface area contributed by atoms with E-state index in [-0.39, 0.29) is 0 Å². The molecule has 0 saturated carbocycles. The Hall–Kier alpha value is -3.06. The van der Waals surface area contributed by atoms with Gasteiger partial charge in [0, 0.05) is 0 Å². The van der Waals surface area contributed by atoms with E-state index < -0.39 is 0 Å². The van der Waals surface area contributed by atoms with Gasteiger partial charge in [0.1, 0.15) is 7.85 Å². The summed E-state index contributed by atoms with van der Waals surface area (Å²) < 4.78 is 0. The predicted octanol–water partition coefficient (Wildman–Crippen LogP) is 4.95. The van der Waals surface area contributed by atoms with Gasteiger partial charge < -0.3 is 0 Å². The molecular formula is C24H19B. The molecule has 0 aliphatic rings. The average molecular weight is 318 g/mol. The van der Waals surface area contributed by atoms with E-state index in [4.69, 9.17) is 0 Å². The van der Waals surface area contributed by atoms with Gasteiger partial charge in [-0.25, -0.2) is 0 Å². The predicted molar refractivity (Wildman–Crippen MR) is 111 cm³/mol. The summed E-state index contributed by atoms with van der Waals surface area (Å²) in [5.41, 5.74) is 8.77. The second-order valence-electron chi connectivity index (χ2n) is 6.40. The summed E-state index contributed by atoms with van der Waals surface area (Å²) in [6.45, 7) is 0. The molecule has 0 N–H and O–H groups in total. The van der Waals surface area contributed by atoms with Crippen LogP contribution >= 0.6 is 0 Å². The van der Waals surface area contributed by atoms with E-state index in [0.717, 1.165) is 0 Å². The van der Waals surface area contributed by atoms with Crippen LogP contribution < -0.4 is 5.46 Å². The van der Waals surface area contributed by atoms with Gasteiger partial charge in [0.15, 0.2) is 0 Å². The molecule has 0 spiro atoms. The summed E-state index contributed by atoms with van der Waals surface area (Å²) in [5.74, 6) is 0. The maximum atomic E-state index is 2.28. The summed E-state index contributed by atoms with van der Waals surface area (Å²) in [5, 5.41) is 0. The Balaban J connectivity index is 1.90. The van der Waals surface area contributed by atoms with Gasteiger partial charge in [-0.2, -0.15) is 0 Å². The summed E-state index contributed by atoms with van der Waals surface area (Å²) in [4.78, 5) is 0. The van der Waals surface area contributed by atoms with Crippen molar-refractivity contribution in [3.63, 3.8) is 0 Å². The van der Waals surface area contributed by atoms with Gasteiger partial charge in [-0.05, 0) is 51.6 Å². The zero-order chi connectivity index (χ0) is 17.1. The van der Waals surface area contributed by atoms with Gasteiger partial charge in [0.2, 0.25) is 0 Å². The third kappa shape index (κ3) is 3.41. The van der Waals surface area contributed by atoms with Crippen molar-refractivity contribution >= 4 is 13.3 Å². The third-order valence-corrected chi connectivity index (χ3v) is 4.53. The number of hydrogen-bond acceptors (Lipinski definition) is 0. The second-order valence-corrected chi connectivity index (χ2v) is 6.40. The minimum atomic E-state index is 1.24. The third-order valence-electron chi connectivity index (χ3n) is 4.53. The first-order chi connectivity index (χ1) is 12.3. The second kappa shape index (κ2) is 6.82. The van der Waals surface area contributed by atoms with Crippen molar-refractivity contribution in [3.05, 3.63) is 103 Å². The Labute approximate surface area is 150 Å². The maximum absolute atomic E-state index is 2.28. The van der Waals surface area contributed by atoms with E-state index in [2.05, 4.69) is 111 Å². The highest BCUT2D eigenvalue weighted by Crippen LogP contribution is 2.32. The lowest BCUT2D eigenvalue weighted by molar-refractivity contribution is 1.57. The van der Waals surface area contributed by atoms with E-state index >= 15 is 0 Å². The Bertz CT molecular complexity index is 914. The van der Waals surface area contributed by atoms with Crippen LogP contribution in [0.25, 0.3) is 33.4 Å². The molecule has 4 aromatic rings. The van der Waals surface area contributed by atoms with E-state index in [9.17, 15) is 0 Å². The van der Waals surface area contributed by atoms with E-state index in [1.165, 1.54) is 38.8 Å². The lowest BCUT2D eigenvalue weighted by atomic mass is 9.91. The van der Waals surface area contributed by atoms with Crippen molar-refractivity contribution in [1.29, 1.82) is 0 Å². The molecule has 1 heteroatoms. The van der Waals surface area contributed by atoms with Gasteiger partial charge >= 0.3 is 0 Å². The number of benzene rings is 4. The fourth-order valence-corrected chi connectivity index (χ4v) is 3.13. The molecule has 0 bridgehead atoms. The highest BCUT2D eigenvalue weighted by atomic mass is 14.1. The quantitative estimate of drug-likeness (QED) is 0.469. The fraction of sp³-hybridized carbons (Fsp3) is 0. The Kier molecular flexibility index (Phi) is 4.22. The van der Waals surface area contributed by atoms with Crippen LogP contribution in [0.2, 0.25) is 0 Å². The molecule has 0 aliphatic heterocycles. The molecule has 118 valence electrons. The van der Waals surface area contributed by atoms with Crippen LogP contribution in [0.15, 0.2) is 103 Å². The van der Waals surface area contributed by atoms with Crippen molar-refractivity contribution in [1.82, 2.24) is 0 Å². The standard InChI is InChI=1S/C24H19B/c25-24-13-11-20(12-14-24)23-16-21(18-7-3-1-4-8-18)15-22(17-23)19-9-5-2-6-10-19/h1-17H,25H2. The summed E-state index contributed by atoms with van der Waals surface area (Å²) in [6, 6.07) is 36.8. The van der Waals surface area contributed by atoms with Gasteiger partial charge in [-0.15, -0.1) is 0 Å². The molecule has 0 saturated heterocycles. The van der Waals surface area contributed by atoms with Crippen LogP contribution in [0.3, 0.4) is 0 Å². The molecule has 25 heavy (non-hydrogen) atoms. The molecule has 0 aliphatic carbocycles. The molecule has 4 rings (SSSR count). The van der Waals surface area contributed by atoms with Crippen LogP contribution in [-0.2, 0) is 0 Å². The summed E-state index contributed by atoms with van der Waals surface area (Å²) >= 11 is 0. The summed E-state index contributed by atoms with van der Waals surface area (Å²) in [7, 11) is 2.12. The van der Waals surface area contributed by atoms with Crippen molar-refractivity contribution in [2.75, 3.05) is 0 Å². The average Bonchev–Trinajstić information content (AvgIpc) is 2.69. The normalized spacial score (nSPS) is 10.6. The van der Waals surface area contributed by atoms with Crippen LogP contribution in [0, 0.1) is 0 Å². The minimum Gasteiger partial charge on any atom is -0.0889 e. The molecular weight excluding hydrogens is 299 g/mol. The molecule has 4 aromatic carbocycles. The Morgan fingerprint density at radius 1 is 0.360 bits per heavy atom. The Morgan fingerprint density at radius 2 is 0.720 bits per heavy atom. The van der Waals surface area contributed by atoms with Gasteiger partial charge in [-0.1, -0.05) is 90.4 Å². The van der Waals surface area contributed by atoms with Gasteiger partial charge in [-0.3, -0.25) is 0 Å². The molecule has 0 heterocycles. The fourth-order valence-electron chi connectivity index (χ4n) is 3.13. The first-order valence-corrected chi connectivity index (χ1v) is 8.62. The number of rotatable bonds is 3.